The number of piperazine rings is 1. The fourth-order valence-electron chi connectivity index (χ4n) is 3.36. The smallest absolute Gasteiger partial charge is 0.292 e. The van der Waals surface area contributed by atoms with Crippen molar-refractivity contribution in [1.82, 2.24) is 19.7 Å². The van der Waals surface area contributed by atoms with E-state index in [0.717, 1.165) is 10.7 Å². The number of carbonyl (C=O) groups excluding carboxylic acids is 1. The van der Waals surface area contributed by atoms with Gasteiger partial charge in [0.1, 0.15) is 5.69 Å². The minimum Gasteiger partial charge on any atom is -0.362 e. The zero-order valence-corrected chi connectivity index (χ0v) is 17.9. The molecule has 3 aromatic rings. The number of aromatic nitrogens is 3. The van der Waals surface area contributed by atoms with Gasteiger partial charge in [-0.05, 0) is 17.5 Å². The lowest BCUT2D eigenvalue weighted by Crippen LogP contribution is -2.49. The first kappa shape index (κ1) is 20.4. The van der Waals surface area contributed by atoms with Gasteiger partial charge in [0.2, 0.25) is 5.91 Å². The van der Waals surface area contributed by atoms with Crippen molar-refractivity contribution in [3.63, 3.8) is 0 Å². The van der Waals surface area contributed by atoms with Crippen LogP contribution in [0.5, 0.6) is 0 Å². The summed E-state index contributed by atoms with van der Waals surface area (Å²) in [5, 5.41) is 22.4. The summed E-state index contributed by atoms with van der Waals surface area (Å²) in [5.74, 6) is 1.10. The van der Waals surface area contributed by atoms with Crippen molar-refractivity contribution in [3.05, 3.63) is 51.9 Å². The Balaban J connectivity index is 1.33. The lowest BCUT2D eigenvalue weighted by atomic mass is 10.2. The van der Waals surface area contributed by atoms with E-state index in [0.29, 0.717) is 37.0 Å². The number of carbonyl (C=O) groups is 1. The van der Waals surface area contributed by atoms with E-state index in [2.05, 4.69) is 10.2 Å². The Kier molecular flexibility index (Phi) is 6.00. The Bertz CT molecular complexity index is 1040. The number of hydrogen-bond donors (Lipinski definition) is 0. The van der Waals surface area contributed by atoms with E-state index in [1.807, 2.05) is 34.0 Å². The summed E-state index contributed by atoms with van der Waals surface area (Å²) in [4.78, 5) is 28.4. The minimum atomic E-state index is -0.366. The molecule has 156 valence electrons. The molecule has 9 nitrogen and oxygen atoms in total. The van der Waals surface area contributed by atoms with Crippen molar-refractivity contribution in [2.24, 2.45) is 7.05 Å². The Morgan fingerprint density at radius 2 is 1.93 bits per heavy atom. The maximum Gasteiger partial charge on any atom is 0.292 e. The quantitative estimate of drug-likeness (QED) is 0.328. The monoisotopic (exact) mass is 444 g/mol. The number of rotatable bonds is 6. The number of nitro groups is 1. The normalized spacial score (nSPS) is 14.2. The van der Waals surface area contributed by atoms with Gasteiger partial charge in [0.25, 0.3) is 5.69 Å². The lowest BCUT2D eigenvalue weighted by molar-refractivity contribution is -0.384. The van der Waals surface area contributed by atoms with Crippen LogP contribution < -0.4 is 4.90 Å². The second kappa shape index (κ2) is 8.84. The maximum absolute atomic E-state index is 12.7. The van der Waals surface area contributed by atoms with Crippen LogP contribution in [0.25, 0.3) is 10.7 Å². The topological polar surface area (TPSA) is 97.4 Å². The fourth-order valence-corrected chi connectivity index (χ4v) is 4.92. The molecule has 0 aliphatic carbocycles. The number of para-hydroxylation sites is 2. The molecule has 1 amide bonds. The molecule has 0 saturated carbocycles. The van der Waals surface area contributed by atoms with Crippen molar-refractivity contribution in [1.29, 1.82) is 0 Å². The summed E-state index contributed by atoms with van der Waals surface area (Å²) < 4.78 is 1.90. The van der Waals surface area contributed by atoms with Crippen LogP contribution >= 0.6 is 23.1 Å². The first-order valence-electron chi connectivity index (χ1n) is 9.37. The maximum atomic E-state index is 12.7. The number of thioether (sulfide) groups is 1. The van der Waals surface area contributed by atoms with Gasteiger partial charge in [-0.1, -0.05) is 30.0 Å². The van der Waals surface area contributed by atoms with E-state index in [-0.39, 0.29) is 22.3 Å². The number of hydrogen-bond acceptors (Lipinski definition) is 8. The number of anilines is 1. The molecule has 2 aromatic heterocycles. The molecule has 1 fully saturated rings. The molecule has 0 atom stereocenters. The highest BCUT2D eigenvalue weighted by atomic mass is 32.2. The Hall–Kier alpha value is -2.92. The number of nitro benzene ring substituents is 1. The van der Waals surface area contributed by atoms with E-state index in [1.165, 1.54) is 17.8 Å². The summed E-state index contributed by atoms with van der Waals surface area (Å²) in [6.07, 6.45) is 0. The average Bonchev–Trinajstić information content (AvgIpc) is 3.42. The van der Waals surface area contributed by atoms with Crippen LogP contribution in [-0.4, -0.2) is 62.4 Å². The number of amides is 1. The number of thiophene rings is 1. The molecule has 0 radical (unpaired) electrons. The van der Waals surface area contributed by atoms with Crippen LogP contribution in [0.3, 0.4) is 0 Å². The first-order valence-corrected chi connectivity index (χ1v) is 11.2. The summed E-state index contributed by atoms with van der Waals surface area (Å²) in [6, 6.07) is 10.7. The largest absolute Gasteiger partial charge is 0.362 e. The second-order valence-corrected chi connectivity index (χ2v) is 8.64. The van der Waals surface area contributed by atoms with E-state index in [1.54, 1.807) is 34.4 Å². The first-order chi connectivity index (χ1) is 14.5. The van der Waals surface area contributed by atoms with Gasteiger partial charge in [-0.15, -0.1) is 21.5 Å². The van der Waals surface area contributed by atoms with Crippen molar-refractivity contribution in [2.75, 3.05) is 36.8 Å². The average molecular weight is 445 g/mol. The molecule has 11 heteroatoms. The summed E-state index contributed by atoms with van der Waals surface area (Å²) >= 11 is 2.97. The Morgan fingerprint density at radius 3 is 2.63 bits per heavy atom. The number of nitrogens with zero attached hydrogens (tertiary/aromatic N) is 6. The van der Waals surface area contributed by atoms with E-state index >= 15 is 0 Å². The molecule has 0 bridgehead atoms. The summed E-state index contributed by atoms with van der Waals surface area (Å²) in [5.41, 5.74) is 0.695. The predicted molar refractivity (Wildman–Crippen MR) is 117 cm³/mol. The van der Waals surface area contributed by atoms with Gasteiger partial charge < -0.3 is 14.4 Å². The zero-order valence-electron chi connectivity index (χ0n) is 16.3. The molecular weight excluding hydrogens is 424 g/mol. The van der Waals surface area contributed by atoms with E-state index in [4.69, 9.17) is 0 Å². The van der Waals surface area contributed by atoms with Crippen molar-refractivity contribution < 1.29 is 9.72 Å². The highest BCUT2D eigenvalue weighted by molar-refractivity contribution is 7.99. The highest BCUT2D eigenvalue weighted by Gasteiger charge is 2.25. The van der Waals surface area contributed by atoms with Crippen LogP contribution in [0.2, 0.25) is 0 Å². The van der Waals surface area contributed by atoms with Gasteiger partial charge in [0.15, 0.2) is 11.0 Å². The van der Waals surface area contributed by atoms with E-state index in [9.17, 15) is 14.9 Å². The molecule has 1 saturated heterocycles. The molecular formula is C19H20N6O3S2. The Labute approximate surface area is 181 Å². The second-order valence-electron chi connectivity index (χ2n) is 6.74. The third-order valence-electron chi connectivity index (χ3n) is 4.95. The molecule has 4 rings (SSSR count). The van der Waals surface area contributed by atoms with Crippen LogP contribution in [0.15, 0.2) is 46.9 Å². The molecule has 30 heavy (non-hydrogen) atoms. The van der Waals surface area contributed by atoms with Gasteiger partial charge in [-0.2, -0.15) is 0 Å². The van der Waals surface area contributed by atoms with Gasteiger partial charge in [-0.3, -0.25) is 14.9 Å². The third-order valence-corrected chi connectivity index (χ3v) is 6.82. The van der Waals surface area contributed by atoms with Gasteiger partial charge in [-0.25, -0.2) is 0 Å². The highest BCUT2D eigenvalue weighted by Crippen LogP contribution is 2.29. The minimum absolute atomic E-state index is 0.0304. The van der Waals surface area contributed by atoms with Crippen LogP contribution in [0, 0.1) is 10.1 Å². The van der Waals surface area contributed by atoms with Crippen molar-refractivity contribution in [2.45, 2.75) is 5.16 Å². The standard InChI is InChI=1S/C19H20N6O3S2/c1-22-18(16-7-4-12-29-16)20-21-19(22)30-13-17(26)24-10-8-23(9-11-24)14-5-2-3-6-15(14)25(27)28/h2-7,12H,8-11,13H2,1H3. The molecule has 1 aliphatic rings. The molecule has 0 N–H and O–H groups in total. The number of benzene rings is 1. The lowest BCUT2D eigenvalue weighted by Gasteiger charge is -2.35. The van der Waals surface area contributed by atoms with E-state index < -0.39 is 0 Å². The van der Waals surface area contributed by atoms with Gasteiger partial charge in [0, 0.05) is 39.3 Å². The zero-order chi connectivity index (χ0) is 21.1. The fraction of sp³-hybridized carbons (Fsp3) is 0.316. The molecule has 0 unspecified atom stereocenters. The third kappa shape index (κ3) is 4.17. The predicted octanol–water partition coefficient (Wildman–Crippen LogP) is 2.89. The van der Waals surface area contributed by atoms with Crippen molar-refractivity contribution >= 4 is 40.4 Å². The molecule has 0 spiro atoms. The van der Waals surface area contributed by atoms with Crippen LogP contribution in [-0.2, 0) is 11.8 Å². The molecule has 1 aromatic carbocycles. The van der Waals surface area contributed by atoms with Gasteiger partial charge >= 0.3 is 0 Å². The molecule has 1 aliphatic heterocycles. The van der Waals surface area contributed by atoms with Gasteiger partial charge in [0.05, 0.1) is 15.6 Å². The van der Waals surface area contributed by atoms with Crippen LogP contribution in [0.1, 0.15) is 0 Å². The van der Waals surface area contributed by atoms with Crippen molar-refractivity contribution in [3.8, 4) is 10.7 Å². The Morgan fingerprint density at radius 1 is 1.17 bits per heavy atom. The summed E-state index contributed by atoms with van der Waals surface area (Å²) in [6.45, 7) is 2.19. The van der Waals surface area contributed by atoms with Crippen LogP contribution in [0.4, 0.5) is 11.4 Å². The SMILES string of the molecule is Cn1c(SCC(=O)N2CCN(c3ccccc3[N+](=O)[O-])CC2)nnc1-c1cccs1. The molecule has 3 heterocycles. The summed E-state index contributed by atoms with van der Waals surface area (Å²) in [7, 11) is 1.90.